The summed E-state index contributed by atoms with van der Waals surface area (Å²) >= 11 is 1.30. The highest BCUT2D eigenvalue weighted by atomic mass is 32.1. The number of rotatable bonds is 2. The Kier molecular flexibility index (Phi) is 3.01. The maximum absolute atomic E-state index is 12.1. The van der Waals surface area contributed by atoms with E-state index in [1.54, 1.807) is 5.38 Å². The summed E-state index contributed by atoms with van der Waals surface area (Å²) in [5.74, 6) is -0.110. The molecule has 0 fully saturated rings. The number of benzene rings is 2. The van der Waals surface area contributed by atoms with Crippen LogP contribution in [-0.4, -0.2) is 10.3 Å². The standard InChI is InChI=1S/C15H12N2OS/c1-10-14(9-19-17-10)15(18)16-13-7-6-11-4-2-3-5-12(11)8-13/h2-9H,1H3,(H,16,18). The van der Waals surface area contributed by atoms with Crippen molar-refractivity contribution < 1.29 is 4.79 Å². The van der Waals surface area contributed by atoms with E-state index in [1.807, 2.05) is 49.4 Å². The average Bonchev–Trinajstić information content (AvgIpc) is 2.85. The van der Waals surface area contributed by atoms with Gasteiger partial charge in [0.15, 0.2) is 0 Å². The number of hydrogen-bond donors (Lipinski definition) is 1. The first-order chi connectivity index (χ1) is 9.24. The summed E-state index contributed by atoms with van der Waals surface area (Å²) in [5, 5.41) is 6.95. The van der Waals surface area contributed by atoms with Crippen molar-refractivity contribution in [3.05, 3.63) is 59.1 Å². The topological polar surface area (TPSA) is 42.0 Å². The Morgan fingerprint density at radius 1 is 1.16 bits per heavy atom. The van der Waals surface area contributed by atoms with Crippen LogP contribution in [0.15, 0.2) is 47.8 Å². The first kappa shape index (κ1) is 11.9. The number of carbonyl (C=O) groups is 1. The van der Waals surface area contributed by atoms with E-state index in [0.717, 1.165) is 22.2 Å². The molecule has 0 radical (unpaired) electrons. The van der Waals surface area contributed by atoms with Crippen molar-refractivity contribution in [2.24, 2.45) is 0 Å². The molecule has 0 aliphatic carbocycles. The van der Waals surface area contributed by atoms with Gasteiger partial charge >= 0.3 is 0 Å². The molecule has 1 heterocycles. The van der Waals surface area contributed by atoms with Crippen molar-refractivity contribution >= 4 is 33.9 Å². The number of hydrogen-bond acceptors (Lipinski definition) is 3. The second kappa shape index (κ2) is 4.82. The predicted molar refractivity (Wildman–Crippen MR) is 78.8 cm³/mol. The Morgan fingerprint density at radius 2 is 1.95 bits per heavy atom. The first-order valence-electron chi connectivity index (χ1n) is 5.95. The van der Waals surface area contributed by atoms with Crippen LogP contribution in [0.1, 0.15) is 16.1 Å². The molecular formula is C15H12N2OS. The third-order valence-corrected chi connectivity index (χ3v) is 3.72. The van der Waals surface area contributed by atoms with Crippen LogP contribution in [0.2, 0.25) is 0 Å². The molecule has 3 rings (SSSR count). The van der Waals surface area contributed by atoms with Crippen LogP contribution in [0.4, 0.5) is 5.69 Å². The van der Waals surface area contributed by atoms with Gasteiger partial charge in [0.25, 0.3) is 5.91 Å². The summed E-state index contributed by atoms with van der Waals surface area (Å²) in [7, 11) is 0. The minimum absolute atomic E-state index is 0.110. The number of carbonyl (C=O) groups excluding carboxylic acids is 1. The van der Waals surface area contributed by atoms with Gasteiger partial charge in [-0.2, -0.15) is 4.37 Å². The molecular weight excluding hydrogens is 256 g/mol. The van der Waals surface area contributed by atoms with Crippen LogP contribution in [0, 0.1) is 6.92 Å². The van der Waals surface area contributed by atoms with E-state index in [2.05, 4.69) is 9.69 Å². The van der Waals surface area contributed by atoms with Gasteiger partial charge in [-0.25, -0.2) is 0 Å². The van der Waals surface area contributed by atoms with Crippen LogP contribution in [0.25, 0.3) is 10.8 Å². The summed E-state index contributed by atoms with van der Waals surface area (Å²) in [4.78, 5) is 12.1. The third kappa shape index (κ3) is 2.35. The van der Waals surface area contributed by atoms with Gasteiger partial charge in [-0.3, -0.25) is 4.79 Å². The van der Waals surface area contributed by atoms with Crippen molar-refractivity contribution in [1.82, 2.24) is 4.37 Å². The molecule has 0 saturated heterocycles. The maximum Gasteiger partial charge on any atom is 0.258 e. The predicted octanol–water partition coefficient (Wildman–Crippen LogP) is 3.86. The van der Waals surface area contributed by atoms with E-state index in [9.17, 15) is 4.79 Å². The Balaban J connectivity index is 1.89. The van der Waals surface area contributed by atoms with Gasteiger partial charge in [-0.1, -0.05) is 30.3 Å². The molecule has 19 heavy (non-hydrogen) atoms. The highest BCUT2D eigenvalue weighted by Crippen LogP contribution is 2.20. The average molecular weight is 268 g/mol. The number of nitrogens with one attached hydrogen (secondary N) is 1. The summed E-state index contributed by atoms with van der Waals surface area (Å²) < 4.78 is 4.11. The number of aryl methyl sites for hydroxylation is 1. The zero-order valence-electron chi connectivity index (χ0n) is 10.4. The molecule has 3 aromatic rings. The van der Waals surface area contributed by atoms with E-state index in [1.165, 1.54) is 11.5 Å². The van der Waals surface area contributed by atoms with Gasteiger partial charge in [0.2, 0.25) is 0 Å². The molecule has 3 nitrogen and oxygen atoms in total. The number of nitrogens with zero attached hydrogens (tertiary/aromatic N) is 1. The quantitative estimate of drug-likeness (QED) is 0.767. The Hall–Kier alpha value is -2.20. The van der Waals surface area contributed by atoms with E-state index in [-0.39, 0.29) is 5.91 Å². The molecule has 0 unspecified atom stereocenters. The molecule has 1 aromatic heterocycles. The molecule has 1 N–H and O–H groups in total. The van der Waals surface area contributed by atoms with Crippen molar-refractivity contribution in [2.45, 2.75) is 6.92 Å². The summed E-state index contributed by atoms with van der Waals surface area (Å²) in [6.07, 6.45) is 0. The fourth-order valence-electron chi connectivity index (χ4n) is 1.98. The lowest BCUT2D eigenvalue weighted by Crippen LogP contribution is -2.12. The zero-order valence-corrected chi connectivity index (χ0v) is 11.2. The zero-order chi connectivity index (χ0) is 13.2. The number of aromatic nitrogens is 1. The maximum atomic E-state index is 12.1. The van der Waals surface area contributed by atoms with Gasteiger partial charge in [0.1, 0.15) is 0 Å². The molecule has 0 spiro atoms. The normalized spacial score (nSPS) is 10.6. The monoisotopic (exact) mass is 268 g/mol. The fourth-order valence-corrected chi connectivity index (χ4v) is 2.67. The van der Waals surface area contributed by atoms with Gasteiger partial charge < -0.3 is 5.32 Å². The lowest BCUT2D eigenvalue weighted by atomic mass is 10.1. The minimum atomic E-state index is -0.110. The summed E-state index contributed by atoms with van der Waals surface area (Å²) in [6.45, 7) is 1.84. The largest absolute Gasteiger partial charge is 0.322 e. The molecule has 2 aromatic carbocycles. The van der Waals surface area contributed by atoms with Crippen LogP contribution in [0.3, 0.4) is 0 Å². The van der Waals surface area contributed by atoms with Crippen LogP contribution in [0.5, 0.6) is 0 Å². The summed E-state index contributed by atoms with van der Waals surface area (Å²) in [5.41, 5.74) is 2.20. The Morgan fingerprint density at radius 3 is 2.68 bits per heavy atom. The van der Waals surface area contributed by atoms with Gasteiger partial charge in [0.05, 0.1) is 11.3 Å². The fraction of sp³-hybridized carbons (Fsp3) is 0.0667. The highest BCUT2D eigenvalue weighted by molar-refractivity contribution is 7.04. The van der Waals surface area contributed by atoms with Crippen LogP contribution < -0.4 is 5.32 Å². The lowest BCUT2D eigenvalue weighted by molar-refractivity contribution is 0.102. The van der Waals surface area contributed by atoms with Gasteiger partial charge in [-0.15, -0.1) is 0 Å². The van der Waals surface area contributed by atoms with E-state index in [0.29, 0.717) is 5.56 Å². The second-order valence-corrected chi connectivity index (χ2v) is 4.96. The van der Waals surface area contributed by atoms with Gasteiger partial charge in [0, 0.05) is 11.1 Å². The molecule has 0 bridgehead atoms. The first-order valence-corrected chi connectivity index (χ1v) is 6.79. The molecule has 1 amide bonds. The summed E-state index contributed by atoms with van der Waals surface area (Å²) in [6, 6.07) is 14.0. The van der Waals surface area contributed by atoms with Crippen LogP contribution in [-0.2, 0) is 0 Å². The molecule has 0 atom stereocenters. The molecule has 94 valence electrons. The number of amides is 1. The smallest absolute Gasteiger partial charge is 0.258 e. The SMILES string of the molecule is Cc1nscc1C(=O)Nc1ccc2ccccc2c1. The molecule has 4 heteroatoms. The molecule has 0 aliphatic rings. The van der Waals surface area contributed by atoms with E-state index in [4.69, 9.17) is 0 Å². The molecule has 0 aliphatic heterocycles. The third-order valence-electron chi connectivity index (χ3n) is 3.00. The van der Waals surface area contributed by atoms with Crippen molar-refractivity contribution in [3.8, 4) is 0 Å². The second-order valence-electron chi connectivity index (χ2n) is 4.33. The lowest BCUT2D eigenvalue weighted by Gasteiger charge is -2.06. The Labute approximate surface area is 115 Å². The number of anilines is 1. The molecule has 0 saturated carbocycles. The van der Waals surface area contributed by atoms with Crippen molar-refractivity contribution in [2.75, 3.05) is 5.32 Å². The van der Waals surface area contributed by atoms with E-state index >= 15 is 0 Å². The Bertz CT molecular complexity index is 748. The van der Waals surface area contributed by atoms with Crippen molar-refractivity contribution in [1.29, 1.82) is 0 Å². The van der Waals surface area contributed by atoms with E-state index < -0.39 is 0 Å². The van der Waals surface area contributed by atoms with Crippen LogP contribution >= 0.6 is 11.5 Å². The number of fused-ring (bicyclic) bond motifs is 1. The van der Waals surface area contributed by atoms with Gasteiger partial charge in [-0.05, 0) is 41.4 Å². The van der Waals surface area contributed by atoms with Crippen molar-refractivity contribution in [3.63, 3.8) is 0 Å². The highest BCUT2D eigenvalue weighted by Gasteiger charge is 2.11. The minimum Gasteiger partial charge on any atom is -0.322 e.